The molecule has 0 radical (unpaired) electrons. The third-order valence-electron chi connectivity index (χ3n) is 1.93. The summed E-state index contributed by atoms with van der Waals surface area (Å²) in [6.07, 6.45) is 0.815. The molecule has 0 aromatic heterocycles. The highest BCUT2D eigenvalue weighted by molar-refractivity contribution is 9.11. The molecular weight excluding hydrogens is 341 g/mol. The summed E-state index contributed by atoms with van der Waals surface area (Å²) in [6.45, 7) is 5.86. The van der Waals surface area contributed by atoms with Gasteiger partial charge in [-0.15, -0.1) is 19.0 Å². The van der Waals surface area contributed by atoms with E-state index in [2.05, 4.69) is 38.4 Å². The lowest BCUT2D eigenvalue weighted by Crippen LogP contribution is -2.11. The summed E-state index contributed by atoms with van der Waals surface area (Å²) in [5.41, 5.74) is 8.27. The molecule has 0 aliphatic heterocycles. The van der Waals surface area contributed by atoms with Crippen LogP contribution in [0.2, 0.25) is 0 Å². The van der Waals surface area contributed by atoms with Crippen molar-refractivity contribution in [2.75, 3.05) is 0 Å². The zero-order chi connectivity index (χ0) is 10.7. The van der Waals surface area contributed by atoms with E-state index in [0.717, 1.165) is 26.5 Å². The molecule has 0 amide bonds. The highest BCUT2D eigenvalue weighted by Crippen LogP contribution is 2.28. The molecule has 1 aromatic carbocycles. The minimum atomic E-state index is 0. The van der Waals surface area contributed by atoms with Crippen molar-refractivity contribution in [1.82, 2.24) is 0 Å². The van der Waals surface area contributed by atoms with E-state index >= 15 is 0 Å². The van der Waals surface area contributed by atoms with Crippen molar-refractivity contribution in [3.63, 3.8) is 0 Å². The fraction of sp³-hybridized carbons (Fsp3) is 0.273. The van der Waals surface area contributed by atoms with Crippen LogP contribution in [0.3, 0.4) is 0 Å². The monoisotopic (exact) mass is 353 g/mol. The molecular formula is C11H14Br2ClN. The Labute approximate surface area is 114 Å². The molecule has 4 heteroatoms. The topological polar surface area (TPSA) is 26.0 Å². The first-order chi connectivity index (χ1) is 6.50. The highest BCUT2D eigenvalue weighted by atomic mass is 79.9. The molecule has 15 heavy (non-hydrogen) atoms. The van der Waals surface area contributed by atoms with Gasteiger partial charge in [0.2, 0.25) is 0 Å². The number of hydrogen-bond donors (Lipinski definition) is 1. The van der Waals surface area contributed by atoms with E-state index in [4.69, 9.17) is 5.73 Å². The maximum atomic E-state index is 6.05. The van der Waals surface area contributed by atoms with Crippen LogP contribution in [-0.4, -0.2) is 0 Å². The fourth-order valence-corrected chi connectivity index (χ4v) is 2.20. The van der Waals surface area contributed by atoms with Crippen molar-refractivity contribution >= 4 is 44.3 Å². The second-order valence-corrected chi connectivity index (χ2v) is 5.20. The first-order valence-electron chi connectivity index (χ1n) is 4.35. The first-order valence-corrected chi connectivity index (χ1v) is 5.94. The van der Waals surface area contributed by atoms with Crippen molar-refractivity contribution in [3.05, 3.63) is 44.9 Å². The fourth-order valence-electron chi connectivity index (χ4n) is 1.28. The Hall–Kier alpha value is 0.170. The van der Waals surface area contributed by atoms with Gasteiger partial charge in [-0.1, -0.05) is 37.4 Å². The molecule has 2 N–H and O–H groups in total. The smallest absolute Gasteiger partial charge is 0.0343 e. The minimum Gasteiger partial charge on any atom is -0.324 e. The zero-order valence-corrected chi connectivity index (χ0v) is 12.5. The third-order valence-corrected chi connectivity index (χ3v) is 3.14. The van der Waals surface area contributed by atoms with Crippen molar-refractivity contribution in [3.8, 4) is 0 Å². The quantitative estimate of drug-likeness (QED) is 0.788. The molecule has 0 aliphatic carbocycles. The number of halogens is 3. The summed E-state index contributed by atoms with van der Waals surface area (Å²) in [5, 5.41) is 0. The normalized spacial score (nSPS) is 11.7. The van der Waals surface area contributed by atoms with E-state index in [1.54, 1.807) is 0 Å². The van der Waals surface area contributed by atoms with Crippen LogP contribution in [0.25, 0.3) is 0 Å². The summed E-state index contributed by atoms with van der Waals surface area (Å²) in [5.74, 6) is 0. The molecule has 0 spiro atoms. The molecule has 0 heterocycles. The van der Waals surface area contributed by atoms with Crippen LogP contribution in [0.4, 0.5) is 0 Å². The molecule has 0 saturated carbocycles. The lowest BCUT2D eigenvalue weighted by atomic mass is 10.0. The highest BCUT2D eigenvalue weighted by Gasteiger charge is 2.10. The van der Waals surface area contributed by atoms with Gasteiger partial charge in [-0.25, -0.2) is 0 Å². The summed E-state index contributed by atoms with van der Waals surface area (Å²) in [7, 11) is 0. The molecule has 0 aliphatic rings. The Kier molecular flexibility index (Phi) is 6.76. The number of hydrogen-bond acceptors (Lipinski definition) is 1. The van der Waals surface area contributed by atoms with Gasteiger partial charge in [0.1, 0.15) is 0 Å². The molecule has 0 saturated heterocycles. The molecule has 0 fully saturated rings. The second-order valence-electron chi connectivity index (χ2n) is 3.43. The van der Waals surface area contributed by atoms with Crippen LogP contribution < -0.4 is 5.73 Å². The van der Waals surface area contributed by atoms with Gasteiger partial charge < -0.3 is 5.73 Å². The summed E-state index contributed by atoms with van der Waals surface area (Å²) in [4.78, 5) is 0. The summed E-state index contributed by atoms with van der Waals surface area (Å²) < 4.78 is 2.10. The standard InChI is InChI=1S/C11H13Br2N.ClH/c1-7(2)5-11(14)9-6-8(12)3-4-10(9)13;/h3-4,6,11H,1,5,14H2,2H3;1H/t11-;/m0./s1. The van der Waals surface area contributed by atoms with Gasteiger partial charge in [0.25, 0.3) is 0 Å². The average molecular weight is 356 g/mol. The SMILES string of the molecule is C=C(C)C[C@H](N)c1cc(Br)ccc1Br.Cl. The Bertz CT molecular complexity index is 352. The van der Waals surface area contributed by atoms with Gasteiger partial charge in [0.05, 0.1) is 0 Å². The second kappa shape index (κ2) is 6.69. The number of nitrogens with two attached hydrogens (primary N) is 1. The van der Waals surface area contributed by atoms with Gasteiger partial charge >= 0.3 is 0 Å². The minimum absolute atomic E-state index is 0. The van der Waals surface area contributed by atoms with E-state index < -0.39 is 0 Å². The van der Waals surface area contributed by atoms with Crippen LogP contribution in [0, 0.1) is 0 Å². The van der Waals surface area contributed by atoms with Crippen LogP contribution in [0.15, 0.2) is 39.3 Å². The largest absolute Gasteiger partial charge is 0.324 e. The Balaban J connectivity index is 0.00000196. The van der Waals surface area contributed by atoms with Crippen molar-refractivity contribution in [2.24, 2.45) is 5.73 Å². The lowest BCUT2D eigenvalue weighted by molar-refractivity contribution is 0.713. The zero-order valence-electron chi connectivity index (χ0n) is 8.47. The Morgan fingerprint density at radius 3 is 2.60 bits per heavy atom. The van der Waals surface area contributed by atoms with E-state index in [0.29, 0.717) is 0 Å². The van der Waals surface area contributed by atoms with Crippen LogP contribution >= 0.6 is 44.3 Å². The van der Waals surface area contributed by atoms with E-state index in [9.17, 15) is 0 Å². The number of rotatable bonds is 3. The summed E-state index contributed by atoms with van der Waals surface area (Å²) >= 11 is 6.92. The predicted octanol–water partition coefficient (Wildman–Crippen LogP) is 4.60. The maximum Gasteiger partial charge on any atom is 0.0343 e. The molecule has 1 nitrogen and oxygen atoms in total. The van der Waals surface area contributed by atoms with E-state index in [1.165, 1.54) is 0 Å². The van der Waals surface area contributed by atoms with Gasteiger partial charge in [0, 0.05) is 15.0 Å². The van der Waals surface area contributed by atoms with Gasteiger partial charge in [-0.3, -0.25) is 0 Å². The number of benzene rings is 1. The molecule has 0 bridgehead atoms. The lowest BCUT2D eigenvalue weighted by Gasteiger charge is -2.14. The van der Waals surface area contributed by atoms with Crippen molar-refractivity contribution in [1.29, 1.82) is 0 Å². The average Bonchev–Trinajstić information content (AvgIpc) is 2.08. The molecule has 84 valence electrons. The van der Waals surface area contributed by atoms with Crippen LogP contribution in [0.1, 0.15) is 24.9 Å². The molecule has 0 unspecified atom stereocenters. The molecule has 1 atom stereocenters. The Morgan fingerprint density at radius 2 is 2.07 bits per heavy atom. The summed E-state index contributed by atoms with van der Waals surface area (Å²) in [6, 6.07) is 6.04. The molecule has 1 aromatic rings. The third kappa shape index (κ3) is 4.68. The van der Waals surface area contributed by atoms with Gasteiger partial charge in [-0.05, 0) is 37.1 Å². The van der Waals surface area contributed by atoms with Crippen molar-refractivity contribution < 1.29 is 0 Å². The molecule has 1 rings (SSSR count). The Morgan fingerprint density at radius 1 is 1.47 bits per heavy atom. The predicted molar refractivity (Wildman–Crippen MR) is 75.4 cm³/mol. The van der Waals surface area contributed by atoms with Crippen LogP contribution in [0.5, 0.6) is 0 Å². The maximum absolute atomic E-state index is 6.05. The van der Waals surface area contributed by atoms with Gasteiger partial charge in [0.15, 0.2) is 0 Å². The van der Waals surface area contributed by atoms with Crippen molar-refractivity contribution in [2.45, 2.75) is 19.4 Å². The van der Waals surface area contributed by atoms with E-state index in [1.807, 2.05) is 25.1 Å². The van der Waals surface area contributed by atoms with E-state index in [-0.39, 0.29) is 18.4 Å². The van der Waals surface area contributed by atoms with Crippen LogP contribution in [-0.2, 0) is 0 Å². The van der Waals surface area contributed by atoms with Gasteiger partial charge in [-0.2, -0.15) is 0 Å². The first kappa shape index (κ1) is 15.2.